The van der Waals surface area contributed by atoms with Crippen LogP contribution in [0.1, 0.15) is 35.8 Å². The van der Waals surface area contributed by atoms with Gasteiger partial charge in [0.25, 0.3) is 0 Å². The molecule has 0 N–H and O–H groups in total. The zero-order valence-electron chi connectivity index (χ0n) is 17.4. The van der Waals surface area contributed by atoms with Crippen molar-refractivity contribution in [3.05, 3.63) is 53.5 Å². The van der Waals surface area contributed by atoms with Gasteiger partial charge in [0.1, 0.15) is 22.6 Å². The lowest BCUT2D eigenvalue weighted by molar-refractivity contribution is -0.131. The second kappa shape index (κ2) is 11.0. The summed E-state index contributed by atoms with van der Waals surface area (Å²) < 4.78 is 11.7. The molecule has 1 atom stereocenters. The molecule has 1 aliphatic heterocycles. The van der Waals surface area contributed by atoms with E-state index in [-0.39, 0.29) is 11.3 Å². The fourth-order valence-corrected chi connectivity index (χ4v) is 5.44. The van der Waals surface area contributed by atoms with Gasteiger partial charge >= 0.3 is 0 Å². The van der Waals surface area contributed by atoms with Crippen LogP contribution in [-0.2, 0) is 17.1 Å². The van der Waals surface area contributed by atoms with Crippen molar-refractivity contribution in [3.8, 4) is 5.75 Å². The molecule has 0 aliphatic carbocycles. The van der Waals surface area contributed by atoms with Crippen molar-refractivity contribution < 1.29 is 13.9 Å². The molecule has 1 aliphatic rings. The molecule has 2 heterocycles. The molecule has 1 saturated heterocycles. The first kappa shape index (κ1) is 22.1. The van der Waals surface area contributed by atoms with E-state index in [1.54, 1.807) is 11.8 Å². The average molecular weight is 435 g/mol. The number of hydrogen-bond acceptors (Lipinski definition) is 6. The Morgan fingerprint density at radius 3 is 2.83 bits per heavy atom. The van der Waals surface area contributed by atoms with Crippen LogP contribution in [0.25, 0.3) is 0 Å². The molecule has 29 heavy (non-hydrogen) atoms. The molecular weight excluding hydrogens is 404 g/mol. The second-order valence-corrected chi connectivity index (χ2v) is 9.48. The fraction of sp³-hybridized carbons (Fsp3) is 0.500. The van der Waals surface area contributed by atoms with Crippen molar-refractivity contribution in [2.75, 3.05) is 38.8 Å². The van der Waals surface area contributed by atoms with E-state index in [9.17, 15) is 4.79 Å². The third-order valence-corrected chi connectivity index (χ3v) is 6.81. The van der Waals surface area contributed by atoms with Gasteiger partial charge in [0.05, 0.1) is 18.9 Å². The smallest absolute Gasteiger partial charge is 0.224 e. The summed E-state index contributed by atoms with van der Waals surface area (Å²) in [7, 11) is 4.06. The van der Waals surface area contributed by atoms with E-state index < -0.39 is 0 Å². The minimum Gasteiger partial charge on any atom is -0.493 e. The van der Waals surface area contributed by atoms with Crippen LogP contribution in [0.3, 0.4) is 0 Å². The highest BCUT2D eigenvalue weighted by Crippen LogP contribution is 2.41. The van der Waals surface area contributed by atoms with E-state index in [1.807, 2.05) is 61.9 Å². The van der Waals surface area contributed by atoms with Gasteiger partial charge in [0, 0.05) is 30.0 Å². The number of para-hydroxylation sites is 1. The Labute approximate surface area is 182 Å². The van der Waals surface area contributed by atoms with E-state index in [0.29, 0.717) is 13.0 Å². The van der Waals surface area contributed by atoms with Crippen molar-refractivity contribution in [1.29, 1.82) is 0 Å². The Hall–Kier alpha value is -1.57. The molecule has 1 amide bonds. The standard InChI is InChI=1S/C22H30N2O3S2/c1-4-26-20-8-6-5-7-19(20)22-24(21(25)11-13-29-22)12-14-28-16-18-10-9-17(27-18)15-23(2)3/h5-10,22H,4,11-16H2,1-3H3. The molecule has 158 valence electrons. The van der Waals surface area contributed by atoms with Crippen LogP contribution < -0.4 is 4.74 Å². The zero-order valence-corrected chi connectivity index (χ0v) is 19.1. The van der Waals surface area contributed by atoms with Gasteiger partial charge in [-0.1, -0.05) is 18.2 Å². The van der Waals surface area contributed by atoms with Crippen LogP contribution in [0.15, 0.2) is 40.8 Å². The number of nitrogens with zero attached hydrogens (tertiary/aromatic N) is 2. The highest BCUT2D eigenvalue weighted by molar-refractivity contribution is 7.99. The predicted octanol–water partition coefficient (Wildman–Crippen LogP) is 4.64. The topological polar surface area (TPSA) is 45.9 Å². The molecule has 3 rings (SSSR count). The van der Waals surface area contributed by atoms with Gasteiger partial charge in [-0.05, 0) is 39.2 Å². The molecule has 1 fully saturated rings. The van der Waals surface area contributed by atoms with E-state index in [1.165, 1.54) is 0 Å². The first-order valence-electron chi connectivity index (χ1n) is 10.0. The lowest BCUT2D eigenvalue weighted by atomic mass is 10.1. The Balaban J connectivity index is 1.58. The molecule has 0 saturated carbocycles. The van der Waals surface area contributed by atoms with Crippen LogP contribution in [-0.4, -0.2) is 54.5 Å². The number of carbonyl (C=O) groups excluding carboxylic acids is 1. The summed E-state index contributed by atoms with van der Waals surface area (Å²) in [5.41, 5.74) is 1.09. The van der Waals surface area contributed by atoms with Crippen LogP contribution >= 0.6 is 23.5 Å². The number of hydrogen-bond donors (Lipinski definition) is 0. The third-order valence-electron chi connectivity index (χ3n) is 4.59. The first-order valence-corrected chi connectivity index (χ1v) is 12.2. The maximum absolute atomic E-state index is 12.7. The molecule has 0 bridgehead atoms. The third kappa shape index (κ3) is 6.20. The number of carbonyl (C=O) groups is 1. The van der Waals surface area contributed by atoms with Gasteiger partial charge in [0.15, 0.2) is 0 Å². The van der Waals surface area contributed by atoms with Crippen LogP contribution in [0.2, 0.25) is 0 Å². The van der Waals surface area contributed by atoms with Gasteiger partial charge in [-0.3, -0.25) is 4.79 Å². The Morgan fingerprint density at radius 1 is 1.24 bits per heavy atom. The summed E-state index contributed by atoms with van der Waals surface area (Å²) in [5.74, 6) is 5.64. The van der Waals surface area contributed by atoms with Crippen molar-refractivity contribution in [1.82, 2.24) is 9.80 Å². The number of ether oxygens (including phenoxy) is 1. The predicted molar refractivity (Wildman–Crippen MR) is 121 cm³/mol. The van der Waals surface area contributed by atoms with Crippen LogP contribution in [0.4, 0.5) is 0 Å². The molecule has 1 aromatic carbocycles. The minimum atomic E-state index is 0.0231. The summed E-state index contributed by atoms with van der Waals surface area (Å²) in [6, 6.07) is 12.2. The molecule has 7 heteroatoms. The summed E-state index contributed by atoms with van der Waals surface area (Å²) in [6.45, 7) is 4.15. The minimum absolute atomic E-state index is 0.0231. The molecule has 0 radical (unpaired) electrons. The number of rotatable bonds is 10. The van der Waals surface area contributed by atoms with Gasteiger partial charge in [-0.2, -0.15) is 11.8 Å². The molecular formula is C22H30N2O3S2. The van der Waals surface area contributed by atoms with Crippen molar-refractivity contribution in [3.63, 3.8) is 0 Å². The first-order chi connectivity index (χ1) is 14.1. The van der Waals surface area contributed by atoms with Crippen molar-refractivity contribution in [2.24, 2.45) is 0 Å². The fourth-order valence-electron chi connectivity index (χ4n) is 3.33. The van der Waals surface area contributed by atoms with E-state index in [4.69, 9.17) is 9.15 Å². The normalized spacial score (nSPS) is 17.2. The average Bonchev–Trinajstić information content (AvgIpc) is 3.13. The molecule has 1 aromatic heterocycles. The highest BCUT2D eigenvalue weighted by Gasteiger charge is 2.31. The van der Waals surface area contributed by atoms with E-state index in [2.05, 4.69) is 17.0 Å². The van der Waals surface area contributed by atoms with Gasteiger partial charge in [-0.25, -0.2) is 0 Å². The highest BCUT2D eigenvalue weighted by atomic mass is 32.2. The van der Waals surface area contributed by atoms with Crippen LogP contribution in [0.5, 0.6) is 5.75 Å². The van der Waals surface area contributed by atoms with Gasteiger partial charge < -0.3 is 19.0 Å². The Kier molecular flexibility index (Phi) is 8.39. The summed E-state index contributed by atoms with van der Waals surface area (Å²) >= 11 is 3.63. The molecule has 2 aromatic rings. The lowest BCUT2D eigenvalue weighted by Crippen LogP contribution is -2.38. The Bertz CT molecular complexity index is 794. The summed E-state index contributed by atoms with van der Waals surface area (Å²) in [5, 5.41) is 0.0231. The van der Waals surface area contributed by atoms with Crippen molar-refractivity contribution >= 4 is 29.4 Å². The number of benzene rings is 1. The summed E-state index contributed by atoms with van der Waals surface area (Å²) in [4.78, 5) is 16.8. The lowest BCUT2D eigenvalue weighted by Gasteiger charge is -2.36. The largest absolute Gasteiger partial charge is 0.493 e. The molecule has 1 unspecified atom stereocenters. The van der Waals surface area contributed by atoms with E-state index in [0.717, 1.165) is 53.2 Å². The maximum Gasteiger partial charge on any atom is 0.224 e. The maximum atomic E-state index is 12.7. The molecule has 5 nitrogen and oxygen atoms in total. The van der Waals surface area contributed by atoms with Crippen molar-refractivity contribution in [2.45, 2.75) is 31.0 Å². The summed E-state index contributed by atoms with van der Waals surface area (Å²) in [6.07, 6.45) is 0.606. The monoisotopic (exact) mass is 434 g/mol. The number of amides is 1. The van der Waals surface area contributed by atoms with Crippen LogP contribution in [0, 0.1) is 0 Å². The molecule has 0 spiro atoms. The van der Waals surface area contributed by atoms with E-state index >= 15 is 0 Å². The second-order valence-electron chi connectivity index (χ2n) is 7.19. The Morgan fingerprint density at radius 2 is 2.03 bits per heavy atom. The zero-order chi connectivity index (χ0) is 20.6. The number of thioether (sulfide) groups is 2. The quantitative estimate of drug-likeness (QED) is 0.508. The number of furan rings is 1. The van der Waals surface area contributed by atoms with Gasteiger partial charge in [-0.15, -0.1) is 11.8 Å². The SMILES string of the molecule is CCOc1ccccc1C1SCCC(=O)N1CCSCc1ccc(CN(C)C)o1. The van der Waals surface area contributed by atoms with Gasteiger partial charge in [0.2, 0.25) is 5.91 Å².